The molecule has 3 rings (SSSR count). The lowest BCUT2D eigenvalue weighted by molar-refractivity contribution is 0.253. The van der Waals surface area contributed by atoms with E-state index >= 15 is 0 Å². The molecular weight excluding hydrogens is 180 g/mol. The van der Waals surface area contributed by atoms with Crippen LogP contribution in [0.1, 0.15) is 64.7 Å². The predicted molar refractivity (Wildman–Crippen MR) is 64.7 cm³/mol. The van der Waals surface area contributed by atoms with Gasteiger partial charge in [0.05, 0.1) is 0 Å². The average molecular weight is 206 g/mol. The summed E-state index contributed by atoms with van der Waals surface area (Å²) in [7, 11) is 0. The molecule has 3 saturated carbocycles. The molecule has 3 aliphatic carbocycles. The second-order valence-corrected chi connectivity index (χ2v) is 6.46. The molecule has 86 valence electrons. The molecule has 0 saturated heterocycles. The quantitative estimate of drug-likeness (QED) is 0.615. The van der Waals surface area contributed by atoms with E-state index in [1.54, 1.807) is 44.9 Å². The topological polar surface area (TPSA) is 0 Å². The van der Waals surface area contributed by atoms with Gasteiger partial charge in [0, 0.05) is 0 Å². The Morgan fingerprint density at radius 2 is 1.93 bits per heavy atom. The summed E-state index contributed by atoms with van der Waals surface area (Å²) < 4.78 is 0. The van der Waals surface area contributed by atoms with Crippen LogP contribution in [0.5, 0.6) is 0 Å². The zero-order valence-electron chi connectivity index (χ0n) is 10.3. The van der Waals surface area contributed by atoms with E-state index in [-0.39, 0.29) is 0 Å². The molecule has 4 unspecified atom stereocenters. The van der Waals surface area contributed by atoms with Crippen molar-refractivity contribution >= 4 is 0 Å². The largest absolute Gasteiger partial charge is 0.0651 e. The van der Waals surface area contributed by atoms with E-state index in [0.717, 1.165) is 17.8 Å². The van der Waals surface area contributed by atoms with Crippen molar-refractivity contribution in [1.29, 1.82) is 0 Å². The number of hydrogen-bond acceptors (Lipinski definition) is 0. The second-order valence-electron chi connectivity index (χ2n) is 6.46. The summed E-state index contributed by atoms with van der Waals surface area (Å²) in [5.41, 5.74) is 0. The zero-order chi connectivity index (χ0) is 10.3. The molecule has 15 heavy (non-hydrogen) atoms. The van der Waals surface area contributed by atoms with Gasteiger partial charge in [0.2, 0.25) is 0 Å². The predicted octanol–water partition coefficient (Wildman–Crippen LogP) is 4.64. The van der Waals surface area contributed by atoms with Crippen LogP contribution in [0, 0.1) is 29.6 Å². The Morgan fingerprint density at radius 3 is 2.60 bits per heavy atom. The van der Waals surface area contributed by atoms with Gasteiger partial charge < -0.3 is 0 Å². The number of fused-ring (bicyclic) bond motifs is 1. The van der Waals surface area contributed by atoms with E-state index in [9.17, 15) is 0 Å². The normalized spacial score (nSPS) is 43.8. The fraction of sp³-hybridized carbons (Fsp3) is 1.00. The third-order valence-corrected chi connectivity index (χ3v) is 5.64. The van der Waals surface area contributed by atoms with Crippen molar-refractivity contribution in [3.63, 3.8) is 0 Å². The molecule has 3 aliphatic rings. The van der Waals surface area contributed by atoms with Crippen molar-refractivity contribution in [3.05, 3.63) is 0 Å². The van der Waals surface area contributed by atoms with Gasteiger partial charge in [-0.15, -0.1) is 0 Å². The summed E-state index contributed by atoms with van der Waals surface area (Å²) in [6.45, 7) is 2.41. The Labute approximate surface area is 94.8 Å². The maximum atomic E-state index is 2.41. The fourth-order valence-corrected chi connectivity index (χ4v) is 4.32. The van der Waals surface area contributed by atoms with Gasteiger partial charge in [0.15, 0.2) is 0 Å². The summed E-state index contributed by atoms with van der Waals surface area (Å²) in [5, 5.41) is 0. The van der Waals surface area contributed by atoms with Crippen LogP contribution >= 0.6 is 0 Å². The Kier molecular flexibility index (Phi) is 2.79. The van der Waals surface area contributed by atoms with Gasteiger partial charge in [0.25, 0.3) is 0 Å². The number of hydrogen-bond donors (Lipinski definition) is 0. The maximum absolute atomic E-state index is 2.41. The van der Waals surface area contributed by atoms with Crippen LogP contribution in [0.4, 0.5) is 0 Å². The van der Waals surface area contributed by atoms with Crippen molar-refractivity contribution in [1.82, 2.24) is 0 Å². The molecule has 0 aliphatic heterocycles. The lowest BCUT2D eigenvalue weighted by atomic mass is 9.79. The minimum absolute atomic E-state index is 1.12. The van der Waals surface area contributed by atoms with Crippen LogP contribution in [0.15, 0.2) is 0 Å². The summed E-state index contributed by atoms with van der Waals surface area (Å²) >= 11 is 0. The van der Waals surface area contributed by atoms with Gasteiger partial charge in [-0.05, 0) is 48.9 Å². The smallest absolute Gasteiger partial charge is 0.0352 e. The van der Waals surface area contributed by atoms with Crippen molar-refractivity contribution in [2.75, 3.05) is 0 Å². The minimum Gasteiger partial charge on any atom is -0.0651 e. The summed E-state index contributed by atoms with van der Waals surface area (Å²) in [4.78, 5) is 0. The molecule has 0 radical (unpaired) electrons. The third kappa shape index (κ3) is 1.97. The molecule has 0 heterocycles. The molecule has 0 heteroatoms. The van der Waals surface area contributed by atoms with Gasteiger partial charge in [-0.25, -0.2) is 0 Å². The van der Waals surface area contributed by atoms with E-state index in [0.29, 0.717) is 0 Å². The molecule has 0 amide bonds. The monoisotopic (exact) mass is 206 g/mol. The van der Waals surface area contributed by atoms with Crippen LogP contribution in [0.3, 0.4) is 0 Å². The lowest BCUT2D eigenvalue weighted by Gasteiger charge is -2.27. The van der Waals surface area contributed by atoms with Gasteiger partial charge in [0.1, 0.15) is 0 Å². The van der Waals surface area contributed by atoms with Crippen LogP contribution in [-0.2, 0) is 0 Å². The molecule has 0 aromatic carbocycles. The lowest BCUT2D eigenvalue weighted by Crippen LogP contribution is -2.14. The Hall–Kier alpha value is 0. The van der Waals surface area contributed by atoms with Crippen LogP contribution in [0.2, 0.25) is 0 Å². The molecule has 3 fully saturated rings. The standard InChI is InChI=1S/C15H26/c1-2-12-9-13-10-15(13)14(12)8-4-7-11-5-3-6-11/h11-15H,2-10H2,1H3. The van der Waals surface area contributed by atoms with Crippen molar-refractivity contribution < 1.29 is 0 Å². The van der Waals surface area contributed by atoms with E-state index in [1.165, 1.54) is 24.7 Å². The molecular formula is C15H26. The van der Waals surface area contributed by atoms with Crippen LogP contribution in [-0.4, -0.2) is 0 Å². The fourth-order valence-electron chi connectivity index (χ4n) is 4.32. The first-order chi connectivity index (χ1) is 7.38. The van der Waals surface area contributed by atoms with Crippen molar-refractivity contribution in [3.8, 4) is 0 Å². The molecule has 0 aromatic rings. The Morgan fingerprint density at radius 1 is 1.07 bits per heavy atom. The molecule has 0 bridgehead atoms. The molecule has 0 N–H and O–H groups in total. The van der Waals surface area contributed by atoms with Gasteiger partial charge in [-0.2, -0.15) is 0 Å². The highest BCUT2D eigenvalue weighted by molar-refractivity contribution is 5.01. The van der Waals surface area contributed by atoms with Crippen molar-refractivity contribution in [2.45, 2.75) is 64.7 Å². The van der Waals surface area contributed by atoms with Gasteiger partial charge in [-0.1, -0.05) is 45.4 Å². The molecule has 4 atom stereocenters. The first-order valence-electron chi connectivity index (χ1n) is 7.38. The van der Waals surface area contributed by atoms with Gasteiger partial charge >= 0.3 is 0 Å². The maximum Gasteiger partial charge on any atom is -0.0352 e. The first-order valence-corrected chi connectivity index (χ1v) is 7.38. The van der Waals surface area contributed by atoms with E-state index in [2.05, 4.69) is 6.92 Å². The highest BCUT2D eigenvalue weighted by Gasteiger charge is 2.51. The summed E-state index contributed by atoms with van der Waals surface area (Å²) in [6, 6.07) is 0. The SMILES string of the molecule is CCC1CC2CC2C1CCCC1CCC1. The Bertz CT molecular complexity index is 216. The minimum atomic E-state index is 1.12. The molecule has 0 aromatic heterocycles. The highest BCUT2D eigenvalue weighted by atomic mass is 14.6. The Balaban J connectivity index is 1.41. The van der Waals surface area contributed by atoms with E-state index in [1.807, 2.05) is 0 Å². The average Bonchev–Trinajstić information content (AvgIpc) is 2.86. The van der Waals surface area contributed by atoms with E-state index in [4.69, 9.17) is 0 Å². The van der Waals surface area contributed by atoms with Crippen LogP contribution < -0.4 is 0 Å². The summed E-state index contributed by atoms with van der Waals surface area (Å²) in [6.07, 6.45) is 14.0. The van der Waals surface area contributed by atoms with Gasteiger partial charge in [-0.3, -0.25) is 0 Å². The van der Waals surface area contributed by atoms with Crippen molar-refractivity contribution in [2.24, 2.45) is 29.6 Å². The molecule has 0 nitrogen and oxygen atoms in total. The second kappa shape index (κ2) is 4.11. The van der Waals surface area contributed by atoms with Crippen LogP contribution in [0.25, 0.3) is 0 Å². The zero-order valence-corrected chi connectivity index (χ0v) is 10.3. The third-order valence-electron chi connectivity index (χ3n) is 5.64. The highest BCUT2D eigenvalue weighted by Crippen LogP contribution is 2.60. The number of rotatable bonds is 5. The first kappa shape index (κ1) is 10.2. The molecule has 0 spiro atoms. The summed E-state index contributed by atoms with van der Waals surface area (Å²) in [5.74, 6) is 5.79. The van der Waals surface area contributed by atoms with E-state index < -0.39 is 0 Å².